The Morgan fingerprint density at radius 1 is 1.17 bits per heavy atom. The van der Waals surface area contributed by atoms with E-state index in [9.17, 15) is 9.59 Å². The predicted octanol–water partition coefficient (Wildman–Crippen LogP) is 0.976. The molecule has 0 spiro atoms. The summed E-state index contributed by atoms with van der Waals surface area (Å²) in [7, 11) is 3.44. The first-order valence-electron chi connectivity index (χ1n) is 7.89. The second-order valence-electron chi connectivity index (χ2n) is 5.95. The molecule has 126 valence electrons. The van der Waals surface area contributed by atoms with Gasteiger partial charge in [-0.15, -0.1) is 0 Å². The monoisotopic (exact) mass is 319 g/mol. The molecule has 0 bridgehead atoms. The van der Waals surface area contributed by atoms with Crippen molar-refractivity contribution in [2.45, 2.75) is 19.4 Å². The zero-order chi connectivity index (χ0) is 16.8. The van der Waals surface area contributed by atoms with Crippen LogP contribution in [0, 0.1) is 0 Å². The molecule has 1 amide bonds. The molecule has 1 atom stereocenters. The fraction of sp³-hybridized carbons (Fsp3) is 0.529. The minimum Gasteiger partial charge on any atom is -0.467 e. The first-order valence-corrected chi connectivity index (χ1v) is 7.89. The number of carbonyl (C=O) groups excluding carboxylic acids is 2. The summed E-state index contributed by atoms with van der Waals surface area (Å²) in [5, 5.41) is 3.07. The molecule has 6 heteroatoms. The average Bonchev–Trinajstić information content (AvgIpc) is 2.56. The maximum atomic E-state index is 12.3. The summed E-state index contributed by atoms with van der Waals surface area (Å²) < 4.78 is 4.68. The number of nitrogens with one attached hydrogen (secondary N) is 1. The molecule has 0 aliphatic carbocycles. The van der Waals surface area contributed by atoms with Crippen molar-refractivity contribution in [1.29, 1.82) is 0 Å². The van der Waals surface area contributed by atoms with Gasteiger partial charge in [0.25, 0.3) is 0 Å². The molecule has 23 heavy (non-hydrogen) atoms. The van der Waals surface area contributed by atoms with Gasteiger partial charge in [0.2, 0.25) is 5.91 Å². The van der Waals surface area contributed by atoms with Crippen LogP contribution >= 0.6 is 0 Å². The van der Waals surface area contributed by atoms with Crippen molar-refractivity contribution < 1.29 is 14.3 Å². The molecule has 1 unspecified atom stereocenters. The topological polar surface area (TPSA) is 61.9 Å². The molecule has 1 aromatic rings. The molecule has 1 N–H and O–H groups in total. The van der Waals surface area contributed by atoms with Gasteiger partial charge in [0.15, 0.2) is 0 Å². The van der Waals surface area contributed by atoms with Gasteiger partial charge in [-0.05, 0) is 31.7 Å². The molecule has 0 radical (unpaired) electrons. The van der Waals surface area contributed by atoms with E-state index >= 15 is 0 Å². The van der Waals surface area contributed by atoms with Crippen molar-refractivity contribution in [3.05, 3.63) is 29.8 Å². The van der Waals surface area contributed by atoms with Crippen LogP contribution in [0.4, 0.5) is 5.69 Å². The van der Waals surface area contributed by atoms with E-state index in [-0.39, 0.29) is 11.9 Å². The number of nitrogens with zero attached hydrogens (tertiary/aromatic N) is 2. The van der Waals surface area contributed by atoms with Gasteiger partial charge in [-0.1, -0.05) is 12.1 Å². The van der Waals surface area contributed by atoms with Crippen LogP contribution in [0.1, 0.15) is 12.5 Å². The van der Waals surface area contributed by atoms with Crippen LogP contribution in [0.2, 0.25) is 0 Å². The summed E-state index contributed by atoms with van der Waals surface area (Å²) >= 11 is 0. The molecule has 1 heterocycles. The number of hydrogen-bond acceptors (Lipinski definition) is 5. The van der Waals surface area contributed by atoms with Crippen LogP contribution < -0.4 is 5.32 Å². The van der Waals surface area contributed by atoms with E-state index in [1.165, 1.54) is 7.11 Å². The summed E-state index contributed by atoms with van der Waals surface area (Å²) in [6.07, 6.45) is 0.413. The van der Waals surface area contributed by atoms with Crippen molar-refractivity contribution in [2.24, 2.45) is 0 Å². The second-order valence-corrected chi connectivity index (χ2v) is 5.95. The first kappa shape index (κ1) is 17.3. The quantitative estimate of drug-likeness (QED) is 0.820. The number of carbonyl (C=O) groups is 2. The molecule has 0 aromatic heterocycles. The molecule has 6 nitrogen and oxygen atoms in total. The summed E-state index contributed by atoms with van der Waals surface area (Å²) in [5.74, 6) is -0.138. The van der Waals surface area contributed by atoms with Gasteiger partial charge in [-0.3, -0.25) is 4.79 Å². The smallest absolute Gasteiger partial charge is 0.327 e. The highest BCUT2D eigenvalue weighted by atomic mass is 16.5. The maximum Gasteiger partial charge on any atom is 0.327 e. The Morgan fingerprint density at radius 2 is 1.78 bits per heavy atom. The number of amides is 1. The van der Waals surface area contributed by atoms with E-state index in [1.54, 1.807) is 6.92 Å². The lowest BCUT2D eigenvalue weighted by Crippen LogP contribution is -2.47. The minimum absolute atomic E-state index is 0.168. The van der Waals surface area contributed by atoms with E-state index in [4.69, 9.17) is 0 Å². The predicted molar refractivity (Wildman–Crippen MR) is 89.3 cm³/mol. The number of hydrogen-bond donors (Lipinski definition) is 1. The highest BCUT2D eigenvalue weighted by Gasteiger charge is 2.19. The van der Waals surface area contributed by atoms with Gasteiger partial charge < -0.3 is 19.9 Å². The number of benzene rings is 1. The van der Waals surface area contributed by atoms with Crippen molar-refractivity contribution >= 4 is 17.6 Å². The van der Waals surface area contributed by atoms with E-state index in [2.05, 4.69) is 22.0 Å². The number of methoxy groups -OCH3 is 1. The standard InChI is InChI=1S/C17H25N3O3/c1-13(17(22)23-3)18-15-6-4-14(5-7-15)12-16(21)20-10-8-19(2)9-11-20/h4-7,13,18H,8-12H2,1-3H3. The Bertz CT molecular complexity index is 537. The number of piperazine rings is 1. The highest BCUT2D eigenvalue weighted by Crippen LogP contribution is 2.13. The second kappa shape index (κ2) is 7.97. The van der Waals surface area contributed by atoms with E-state index < -0.39 is 6.04 Å². The molecule has 1 aliphatic heterocycles. The fourth-order valence-electron chi connectivity index (χ4n) is 2.55. The summed E-state index contributed by atoms with van der Waals surface area (Å²) in [4.78, 5) is 27.8. The minimum atomic E-state index is -0.405. The zero-order valence-corrected chi connectivity index (χ0v) is 14.0. The van der Waals surface area contributed by atoms with Crippen LogP contribution in [0.15, 0.2) is 24.3 Å². The molecular weight excluding hydrogens is 294 g/mol. The molecular formula is C17H25N3O3. The van der Waals surface area contributed by atoms with Crippen LogP contribution in [0.3, 0.4) is 0 Å². The molecule has 1 aliphatic rings. The Morgan fingerprint density at radius 3 is 2.35 bits per heavy atom. The average molecular weight is 319 g/mol. The van der Waals surface area contributed by atoms with Crippen molar-refractivity contribution in [3.8, 4) is 0 Å². The highest BCUT2D eigenvalue weighted by molar-refractivity contribution is 5.80. The summed E-state index contributed by atoms with van der Waals surface area (Å²) in [5.41, 5.74) is 1.81. The van der Waals surface area contributed by atoms with Crippen molar-refractivity contribution in [2.75, 3.05) is 45.7 Å². The Balaban J connectivity index is 1.87. The zero-order valence-electron chi connectivity index (χ0n) is 14.0. The lowest BCUT2D eigenvalue weighted by molar-refractivity contribution is -0.141. The van der Waals surface area contributed by atoms with Gasteiger partial charge in [-0.25, -0.2) is 4.79 Å². The largest absolute Gasteiger partial charge is 0.467 e. The molecule has 1 fully saturated rings. The molecule has 1 saturated heterocycles. The Labute approximate surface area is 137 Å². The van der Waals surface area contributed by atoms with E-state index in [0.29, 0.717) is 6.42 Å². The number of likely N-dealkylation sites (N-methyl/N-ethyl adjacent to an activating group) is 1. The van der Waals surface area contributed by atoms with Crippen molar-refractivity contribution in [3.63, 3.8) is 0 Å². The van der Waals surface area contributed by atoms with E-state index in [0.717, 1.165) is 37.4 Å². The normalized spacial score (nSPS) is 16.7. The van der Waals surface area contributed by atoms with Gasteiger partial charge in [0, 0.05) is 31.9 Å². The lowest BCUT2D eigenvalue weighted by atomic mass is 10.1. The van der Waals surface area contributed by atoms with Gasteiger partial charge in [-0.2, -0.15) is 0 Å². The SMILES string of the molecule is COC(=O)C(C)Nc1ccc(CC(=O)N2CCN(C)CC2)cc1. The van der Waals surface area contributed by atoms with Crippen LogP contribution in [0.25, 0.3) is 0 Å². The number of ether oxygens (including phenoxy) is 1. The van der Waals surface area contributed by atoms with Gasteiger partial charge in [0.05, 0.1) is 13.5 Å². The van der Waals surface area contributed by atoms with Gasteiger partial charge >= 0.3 is 5.97 Å². The maximum absolute atomic E-state index is 12.3. The number of rotatable bonds is 5. The Kier molecular flexibility index (Phi) is 5.98. The third-order valence-electron chi connectivity index (χ3n) is 4.10. The number of anilines is 1. The lowest BCUT2D eigenvalue weighted by Gasteiger charge is -2.32. The van der Waals surface area contributed by atoms with Crippen LogP contribution in [-0.4, -0.2) is 68.1 Å². The summed E-state index contributed by atoms with van der Waals surface area (Å²) in [6, 6.07) is 7.19. The third-order valence-corrected chi connectivity index (χ3v) is 4.10. The molecule has 1 aromatic carbocycles. The van der Waals surface area contributed by atoms with Gasteiger partial charge in [0.1, 0.15) is 6.04 Å². The summed E-state index contributed by atoms with van der Waals surface area (Å²) in [6.45, 7) is 5.20. The molecule has 0 saturated carbocycles. The van der Waals surface area contributed by atoms with E-state index in [1.807, 2.05) is 29.2 Å². The van der Waals surface area contributed by atoms with Crippen molar-refractivity contribution in [1.82, 2.24) is 9.80 Å². The van der Waals surface area contributed by atoms with Crippen LogP contribution in [0.5, 0.6) is 0 Å². The van der Waals surface area contributed by atoms with Crippen LogP contribution in [-0.2, 0) is 20.7 Å². The Hall–Kier alpha value is -2.08. The molecule has 2 rings (SSSR count). The first-order chi connectivity index (χ1) is 11.0. The fourth-order valence-corrected chi connectivity index (χ4v) is 2.55. The number of esters is 1. The third kappa shape index (κ3) is 4.96.